The number of aromatic nitrogens is 4. The summed E-state index contributed by atoms with van der Waals surface area (Å²) < 4.78 is 5.06. The Bertz CT molecular complexity index is 6880. The third-order valence-corrected chi connectivity index (χ3v) is 25.6. The molecule has 4 nitrogen and oxygen atoms in total. The summed E-state index contributed by atoms with van der Waals surface area (Å²) in [6, 6.07) is 130. The number of rotatable bonds is 6. The predicted octanol–water partition coefficient (Wildman–Crippen LogP) is 25.6. The highest BCUT2D eigenvalue weighted by Crippen LogP contribution is 2.66. The van der Waals surface area contributed by atoms with E-state index >= 15 is 0 Å². The molecule has 23 rings (SSSR count). The van der Waals surface area contributed by atoms with Gasteiger partial charge >= 0.3 is 0 Å². The van der Waals surface area contributed by atoms with Crippen LogP contribution in [0.15, 0.2) is 365 Å². The zero-order valence-electron chi connectivity index (χ0n) is 57.0. The van der Waals surface area contributed by atoms with Gasteiger partial charge in [-0.2, -0.15) is 0 Å². The summed E-state index contributed by atoms with van der Waals surface area (Å²) in [7, 11) is 0. The van der Waals surface area contributed by atoms with Crippen molar-refractivity contribution in [2.45, 2.75) is 37.3 Å². The largest absolute Gasteiger partial charge is 0.309 e. The van der Waals surface area contributed by atoms with Crippen LogP contribution in [0.3, 0.4) is 0 Å². The van der Waals surface area contributed by atoms with Gasteiger partial charge in [-0.3, -0.25) is 0 Å². The molecule has 488 valence electrons. The third kappa shape index (κ3) is 8.21. The third-order valence-electron chi connectivity index (χ3n) is 23.3. The monoisotopic (exact) mass is 1370 g/mol. The zero-order valence-corrected chi connectivity index (χ0v) is 58.6. The molecule has 105 heavy (non-hydrogen) atoms. The zero-order chi connectivity index (χ0) is 68.8. The van der Waals surface area contributed by atoms with Crippen LogP contribution in [0.25, 0.3) is 144 Å². The summed E-state index contributed by atoms with van der Waals surface area (Å²) in [5, 5.41) is 9.89. The fourth-order valence-corrected chi connectivity index (χ4v) is 21.4. The van der Waals surface area contributed by atoms with E-state index < -0.39 is 10.8 Å². The van der Waals surface area contributed by atoms with Gasteiger partial charge in [-0.15, -0.1) is 0 Å². The fraction of sp³-hybridized carbons (Fsp3) is 0.0303. The highest BCUT2D eigenvalue weighted by Gasteiger charge is 2.53. The van der Waals surface area contributed by atoms with Crippen LogP contribution in [0.4, 0.5) is 0 Å². The average Bonchev–Trinajstić information content (AvgIpc) is 1.54. The molecule has 3 aromatic heterocycles. The Balaban J connectivity index is 0.753. The average molecular weight is 1370 g/mol. The number of aryl methyl sites for hydroxylation is 1. The van der Waals surface area contributed by atoms with E-state index in [9.17, 15) is 0 Å². The summed E-state index contributed by atoms with van der Waals surface area (Å²) in [5.41, 5.74) is 29.7. The Morgan fingerprint density at radius 2 is 0.752 bits per heavy atom. The minimum Gasteiger partial charge on any atom is -0.309 e. The van der Waals surface area contributed by atoms with Crippen molar-refractivity contribution in [3.05, 3.63) is 396 Å². The second-order valence-corrected chi connectivity index (χ2v) is 30.8. The number of nitrogens with zero attached hydrogens (tertiary/aromatic N) is 4. The molecule has 2 aliphatic carbocycles. The second-order valence-electron chi connectivity index (χ2n) is 28.6. The molecule has 1 unspecified atom stereocenters. The van der Waals surface area contributed by atoms with E-state index in [2.05, 4.69) is 356 Å². The molecule has 5 heterocycles. The van der Waals surface area contributed by atoms with Crippen molar-refractivity contribution in [1.82, 2.24) is 19.1 Å². The quantitative estimate of drug-likeness (QED) is 0.166. The van der Waals surface area contributed by atoms with E-state index in [-0.39, 0.29) is 0 Å². The molecule has 0 amide bonds. The normalized spacial score (nSPS) is 14.8. The molecule has 4 aliphatic rings. The molecule has 0 saturated heterocycles. The number of hydrogen-bond donors (Lipinski definition) is 0. The summed E-state index contributed by atoms with van der Waals surface area (Å²) in [6.07, 6.45) is 0. The van der Waals surface area contributed by atoms with Crippen LogP contribution in [0, 0.1) is 6.92 Å². The molecule has 2 aliphatic heterocycles. The lowest BCUT2D eigenvalue weighted by Gasteiger charge is -2.40. The molecule has 6 heteroatoms. The highest BCUT2D eigenvalue weighted by atomic mass is 32.2. The maximum atomic E-state index is 5.39. The smallest absolute Gasteiger partial charge is 0.160 e. The Morgan fingerprint density at radius 3 is 1.41 bits per heavy atom. The summed E-state index contributed by atoms with van der Waals surface area (Å²) in [6.45, 7) is 2.18. The molecule has 0 bridgehead atoms. The maximum absolute atomic E-state index is 5.39. The number of fused-ring (bicyclic) bond motifs is 28. The molecule has 0 N–H and O–H groups in total. The minimum atomic E-state index is -0.632. The standard InChI is InChI=1S/C99H60N4S2/c1-59-42-47-66(48-43-59)102-86-50-45-60-22-8-9-29-68(60)95(86)74-54-93-83(57-88(74)102)99(80-38-17-19-41-91(80)105-93)78-36-15-12-32-73(78)94-69(33-21-39-81(94)99)63-44-49-70-64(52-63)46-51-87-96(70)75-55-92-82(98(79-37-16-18-40-90(79)104-92)76-34-13-10-30-71(76)72-31-11-14-35-77(72)98)56-89(75)103(87)67-28-20-27-65(53-67)85-58-84(61-23-4-2-5-24-61)100-97(101-85)62-25-6-3-7-26-62/h2-58H,1H3. The Morgan fingerprint density at radius 1 is 0.267 bits per heavy atom. The van der Waals surface area contributed by atoms with Gasteiger partial charge in [0.05, 0.1) is 44.3 Å². The number of benzene rings is 16. The van der Waals surface area contributed by atoms with Crippen LogP contribution < -0.4 is 0 Å². The van der Waals surface area contributed by atoms with Crippen molar-refractivity contribution in [2.75, 3.05) is 0 Å². The molecule has 0 radical (unpaired) electrons. The van der Waals surface area contributed by atoms with Crippen molar-refractivity contribution in [1.29, 1.82) is 0 Å². The van der Waals surface area contributed by atoms with E-state index in [1.54, 1.807) is 0 Å². The van der Waals surface area contributed by atoms with E-state index in [1.165, 1.54) is 157 Å². The van der Waals surface area contributed by atoms with Crippen LogP contribution >= 0.6 is 23.5 Å². The van der Waals surface area contributed by atoms with Gasteiger partial charge in [-0.25, -0.2) is 9.97 Å². The van der Waals surface area contributed by atoms with Gasteiger partial charge in [0, 0.05) is 69.2 Å². The van der Waals surface area contributed by atoms with Crippen molar-refractivity contribution in [3.63, 3.8) is 0 Å². The summed E-state index contributed by atoms with van der Waals surface area (Å²) in [4.78, 5) is 15.7. The van der Waals surface area contributed by atoms with E-state index in [0.717, 1.165) is 50.5 Å². The van der Waals surface area contributed by atoms with Gasteiger partial charge in [0.2, 0.25) is 0 Å². The Labute approximate surface area is 615 Å². The predicted molar refractivity (Wildman–Crippen MR) is 435 cm³/mol. The topological polar surface area (TPSA) is 35.6 Å². The lowest BCUT2D eigenvalue weighted by Crippen LogP contribution is -2.32. The SMILES string of the molecule is Cc1ccc(-n2c3cc4c(cc3c3c5ccccc5ccc32)Sc2ccccc2C42c3ccccc3-c3c(-c4ccc5c(ccc6c5c5cc7c(cc5n6-c5cccc(-c6cc(-c8ccccc8)nc(-c8ccccc8)n6)c5)C5(c6ccccc6S7)c6ccccc6-c6ccccc65)c4)cccc32)cc1. The van der Waals surface area contributed by atoms with Crippen molar-refractivity contribution in [2.24, 2.45) is 0 Å². The van der Waals surface area contributed by atoms with Crippen molar-refractivity contribution >= 4 is 88.7 Å². The Hall–Kier alpha value is -12.6. The maximum Gasteiger partial charge on any atom is 0.160 e. The second kappa shape index (κ2) is 22.2. The van der Waals surface area contributed by atoms with Crippen molar-refractivity contribution < 1.29 is 0 Å². The summed E-state index contributed by atoms with van der Waals surface area (Å²) >= 11 is 3.82. The van der Waals surface area contributed by atoms with Crippen LogP contribution in [0.5, 0.6) is 0 Å². The first-order valence-corrected chi connectivity index (χ1v) is 37.8. The highest BCUT2D eigenvalue weighted by molar-refractivity contribution is 7.99. The van der Waals surface area contributed by atoms with Crippen LogP contribution in [0.1, 0.15) is 50.1 Å². The molecule has 1 atom stereocenters. The van der Waals surface area contributed by atoms with Gasteiger partial charge in [0.25, 0.3) is 0 Å². The van der Waals surface area contributed by atoms with E-state index in [4.69, 9.17) is 9.97 Å². The molecular formula is C99H60N4S2. The lowest BCUT2D eigenvalue weighted by atomic mass is 9.67. The summed E-state index contributed by atoms with van der Waals surface area (Å²) in [5.74, 6) is 0.689. The minimum absolute atomic E-state index is 0.571. The molecular weight excluding hydrogens is 1310 g/mol. The molecule has 2 spiro atoms. The van der Waals surface area contributed by atoms with Crippen molar-refractivity contribution in [3.8, 4) is 78.7 Å². The van der Waals surface area contributed by atoms with E-state index in [1.807, 2.05) is 29.6 Å². The first-order chi connectivity index (χ1) is 51.9. The molecule has 0 saturated carbocycles. The fourth-order valence-electron chi connectivity index (χ4n) is 19.0. The van der Waals surface area contributed by atoms with Gasteiger partial charge in [0.1, 0.15) is 0 Å². The van der Waals surface area contributed by atoms with Gasteiger partial charge in [0.15, 0.2) is 5.82 Å². The number of hydrogen-bond acceptors (Lipinski definition) is 4. The molecule has 0 fully saturated rings. The molecule has 19 aromatic rings. The van der Waals surface area contributed by atoms with Gasteiger partial charge in [-0.1, -0.05) is 290 Å². The lowest BCUT2D eigenvalue weighted by molar-refractivity contribution is 0.724. The van der Waals surface area contributed by atoms with Gasteiger partial charge < -0.3 is 9.13 Å². The first kappa shape index (κ1) is 59.0. The molecule has 16 aromatic carbocycles. The van der Waals surface area contributed by atoms with Gasteiger partial charge in [-0.05, 0) is 191 Å². The van der Waals surface area contributed by atoms with Crippen LogP contribution in [-0.2, 0) is 10.8 Å². The van der Waals surface area contributed by atoms with Crippen LogP contribution in [0.2, 0.25) is 0 Å². The van der Waals surface area contributed by atoms with E-state index in [0.29, 0.717) is 5.82 Å². The Kier molecular flexibility index (Phi) is 12.5. The van der Waals surface area contributed by atoms with Crippen LogP contribution in [-0.4, -0.2) is 19.1 Å². The first-order valence-electron chi connectivity index (χ1n) is 36.2.